The zero-order valence-corrected chi connectivity index (χ0v) is 15.3. The molecule has 0 spiro atoms. The first-order valence-corrected chi connectivity index (χ1v) is 8.16. The van der Waals surface area contributed by atoms with Crippen molar-refractivity contribution < 1.29 is 37.1 Å². The van der Waals surface area contributed by atoms with Gasteiger partial charge >= 0.3 is 6.18 Å². The number of nitrogens with one attached hydrogen (secondary N) is 1. The van der Waals surface area contributed by atoms with Gasteiger partial charge in [-0.3, -0.25) is 14.9 Å². The Balaban J connectivity index is 2.15. The van der Waals surface area contributed by atoms with Crippen LogP contribution in [0.25, 0.3) is 0 Å². The molecule has 0 saturated heterocycles. The van der Waals surface area contributed by atoms with Crippen LogP contribution in [0, 0.1) is 15.9 Å². The lowest BCUT2D eigenvalue weighted by Crippen LogP contribution is -2.45. The van der Waals surface area contributed by atoms with E-state index in [9.17, 15) is 37.6 Å². The minimum atomic E-state index is -5.03. The summed E-state index contributed by atoms with van der Waals surface area (Å²) in [4.78, 5) is 21.8. The Morgan fingerprint density at radius 1 is 1.28 bits per heavy atom. The third-order valence-electron chi connectivity index (χ3n) is 3.66. The average molecular weight is 437 g/mol. The van der Waals surface area contributed by atoms with Crippen LogP contribution in [-0.2, 0) is 11.0 Å². The number of nitro benzene ring substituents is 1. The van der Waals surface area contributed by atoms with Crippen molar-refractivity contribution in [3.05, 3.63) is 62.9 Å². The van der Waals surface area contributed by atoms with Gasteiger partial charge in [0.25, 0.3) is 11.6 Å². The second-order valence-corrected chi connectivity index (χ2v) is 6.49. The van der Waals surface area contributed by atoms with E-state index in [1.807, 2.05) is 5.32 Å². The normalized spacial score (nSPS) is 13.5. The molecule has 7 nitrogen and oxygen atoms in total. The Hall–Kier alpha value is -2.92. The van der Waals surface area contributed by atoms with Crippen molar-refractivity contribution >= 4 is 28.9 Å². The van der Waals surface area contributed by atoms with E-state index in [-0.39, 0.29) is 10.8 Å². The number of hydrogen-bond donors (Lipinski definition) is 2. The summed E-state index contributed by atoms with van der Waals surface area (Å²) in [7, 11) is 0. The Kier molecular flexibility index (Phi) is 6.34. The summed E-state index contributed by atoms with van der Waals surface area (Å²) in [6, 6.07) is 5.24. The number of hydrogen-bond acceptors (Lipinski definition) is 5. The number of nitro groups is 1. The molecule has 1 amide bonds. The van der Waals surface area contributed by atoms with Gasteiger partial charge in [-0.25, -0.2) is 4.39 Å². The minimum absolute atomic E-state index is 0.0466. The molecule has 2 aromatic rings. The van der Waals surface area contributed by atoms with Crippen LogP contribution >= 0.6 is 11.6 Å². The highest BCUT2D eigenvalue weighted by Gasteiger charge is 2.39. The third kappa shape index (κ3) is 5.55. The van der Waals surface area contributed by atoms with E-state index >= 15 is 0 Å². The van der Waals surface area contributed by atoms with E-state index in [0.717, 1.165) is 19.1 Å². The highest BCUT2D eigenvalue weighted by atomic mass is 35.5. The summed E-state index contributed by atoms with van der Waals surface area (Å²) in [6.07, 6.45) is -5.03. The molecule has 0 bridgehead atoms. The maximum Gasteiger partial charge on any atom is 0.423 e. The summed E-state index contributed by atoms with van der Waals surface area (Å²) in [5, 5.41) is 22.8. The summed E-state index contributed by atoms with van der Waals surface area (Å²) in [6.45, 7) is 0.351. The second-order valence-electron chi connectivity index (χ2n) is 6.08. The number of ether oxygens (including phenoxy) is 1. The number of amides is 1. The van der Waals surface area contributed by atoms with Gasteiger partial charge in [0, 0.05) is 17.8 Å². The van der Waals surface area contributed by atoms with Crippen LogP contribution < -0.4 is 10.1 Å². The quantitative estimate of drug-likeness (QED) is 0.402. The van der Waals surface area contributed by atoms with Crippen LogP contribution in [0.3, 0.4) is 0 Å². The van der Waals surface area contributed by atoms with Crippen molar-refractivity contribution in [2.45, 2.75) is 18.7 Å². The molecule has 2 N–H and O–H groups in total. The molecule has 0 heterocycles. The van der Waals surface area contributed by atoms with Gasteiger partial charge in [0.2, 0.25) is 0 Å². The van der Waals surface area contributed by atoms with E-state index in [1.54, 1.807) is 0 Å². The first-order valence-electron chi connectivity index (χ1n) is 7.78. The molecule has 0 aromatic heterocycles. The van der Waals surface area contributed by atoms with Gasteiger partial charge in [-0.1, -0.05) is 11.6 Å². The van der Waals surface area contributed by atoms with E-state index in [0.29, 0.717) is 12.1 Å². The van der Waals surface area contributed by atoms with Crippen molar-refractivity contribution in [2.24, 2.45) is 0 Å². The van der Waals surface area contributed by atoms with Crippen LogP contribution in [0.2, 0.25) is 5.02 Å². The van der Waals surface area contributed by atoms with Gasteiger partial charge in [-0.05, 0) is 31.2 Å². The van der Waals surface area contributed by atoms with Crippen molar-refractivity contribution in [3.8, 4) is 5.75 Å². The van der Waals surface area contributed by atoms with E-state index < -0.39 is 52.0 Å². The Morgan fingerprint density at radius 3 is 2.48 bits per heavy atom. The van der Waals surface area contributed by atoms with Gasteiger partial charge in [0.15, 0.2) is 5.60 Å². The Bertz CT molecular complexity index is 950. The third-order valence-corrected chi connectivity index (χ3v) is 3.96. The molecule has 0 aliphatic carbocycles. The Morgan fingerprint density at radius 2 is 1.93 bits per heavy atom. The standard InChI is InChI=1S/C17H13ClF4N2O5/c1-16(26,8-29-10-3-4-12(18)13(19)7-10)15(25)23-9-2-5-14(24(27)28)11(6-9)17(20,21)22/h2-7,26H,8H2,1H3,(H,23,25)/t16-/m1/s1. The van der Waals surface area contributed by atoms with E-state index in [2.05, 4.69) is 0 Å². The molecule has 0 saturated carbocycles. The highest BCUT2D eigenvalue weighted by molar-refractivity contribution is 6.30. The molecule has 2 aromatic carbocycles. The van der Waals surface area contributed by atoms with Gasteiger partial charge in [0.05, 0.1) is 9.95 Å². The SMILES string of the molecule is C[C@@](O)(COc1ccc(Cl)c(F)c1)C(=O)Nc1ccc([N+](=O)[O-])c(C(F)(F)F)c1. The highest BCUT2D eigenvalue weighted by Crippen LogP contribution is 2.37. The number of halogens is 5. The number of carbonyl (C=O) groups is 1. The number of anilines is 1. The maximum absolute atomic E-state index is 13.4. The van der Waals surface area contributed by atoms with Gasteiger partial charge in [0.1, 0.15) is 23.7 Å². The van der Waals surface area contributed by atoms with Crippen molar-refractivity contribution in [3.63, 3.8) is 0 Å². The number of rotatable bonds is 6. The zero-order valence-electron chi connectivity index (χ0n) is 14.6. The first kappa shape index (κ1) is 22.4. The second kappa shape index (κ2) is 8.21. The number of alkyl halides is 3. The topological polar surface area (TPSA) is 102 Å². The molecule has 0 aliphatic heterocycles. The molecule has 29 heavy (non-hydrogen) atoms. The fourth-order valence-corrected chi connectivity index (χ4v) is 2.24. The van der Waals surface area contributed by atoms with Crippen molar-refractivity contribution in [2.75, 3.05) is 11.9 Å². The minimum Gasteiger partial charge on any atom is -0.490 e. The van der Waals surface area contributed by atoms with Gasteiger partial charge < -0.3 is 15.2 Å². The smallest absolute Gasteiger partial charge is 0.423 e. The zero-order chi connectivity index (χ0) is 22.0. The monoisotopic (exact) mass is 436 g/mol. The number of nitrogens with zero attached hydrogens (tertiary/aromatic N) is 1. The summed E-state index contributed by atoms with van der Waals surface area (Å²) in [5.74, 6) is -1.98. The van der Waals surface area contributed by atoms with Crippen LogP contribution in [0.4, 0.5) is 28.9 Å². The molecule has 0 radical (unpaired) electrons. The lowest BCUT2D eigenvalue weighted by Gasteiger charge is -2.23. The predicted octanol–water partition coefficient (Wildman–Crippen LogP) is 4.17. The first-order chi connectivity index (χ1) is 13.3. The van der Waals surface area contributed by atoms with Crippen molar-refractivity contribution in [1.82, 2.24) is 0 Å². The average Bonchev–Trinajstić information content (AvgIpc) is 2.61. The molecule has 0 unspecified atom stereocenters. The predicted molar refractivity (Wildman–Crippen MR) is 94.3 cm³/mol. The molecule has 0 fully saturated rings. The van der Waals surface area contributed by atoms with E-state index in [4.69, 9.17) is 16.3 Å². The molecular formula is C17H13ClF4N2O5. The number of carbonyl (C=O) groups excluding carboxylic acids is 1. The maximum atomic E-state index is 13.4. The summed E-state index contributed by atoms with van der Waals surface area (Å²) < 4.78 is 57.5. The largest absolute Gasteiger partial charge is 0.490 e. The fourth-order valence-electron chi connectivity index (χ4n) is 2.12. The molecule has 2 rings (SSSR count). The fraction of sp³-hybridized carbons (Fsp3) is 0.235. The molecule has 12 heteroatoms. The number of aliphatic hydroxyl groups is 1. The summed E-state index contributed by atoms with van der Waals surface area (Å²) >= 11 is 5.52. The molecule has 0 aliphatic rings. The summed E-state index contributed by atoms with van der Waals surface area (Å²) in [5.41, 5.74) is -5.40. The lowest BCUT2D eigenvalue weighted by molar-refractivity contribution is -0.388. The molecule has 1 atom stereocenters. The molecule has 156 valence electrons. The van der Waals surface area contributed by atoms with Crippen LogP contribution in [0.15, 0.2) is 36.4 Å². The van der Waals surface area contributed by atoms with E-state index in [1.165, 1.54) is 12.1 Å². The number of benzene rings is 2. The lowest BCUT2D eigenvalue weighted by atomic mass is 10.1. The van der Waals surface area contributed by atoms with Crippen LogP contribution in [0.5, 0.6) is 5.75 Å². The van der Waals surface area contributed by atoms with Gasteiger partial charge in [-0.2, -0.15) is 13.2 Å². The Labute approximate surface area is 166 Å². The van der Waals surface area contributed by atoms with Gasteiger partial charge in [-0.15, -0.1) is 0 Å². The van der Waals surface area contributed by atoms with Crippen LogP contribution in [0.1, 0.15) is 12.5 Å². The van der Waals surface area contributed by atoms with Crippen molar-refractivity contribution in [1.29, 1.82) is 0 Å². The van der Waals surface area contributed by atoms with Crippen LogP contribution in [-0.4, -0.2) is 28.1 Å². The molecular weight excluding hydrogens is 424 g/mol.